The summed E-state index contributed by atoms with van der Waals surface area (Å²) in [5.74, 6) is 0. The Morgan fingerprint density at radius 3 is 2.14 bits per heavy atom. The van der Waals surface area contributed by atoms with Crippen molar-refractivity contribution in [3.63, 3.8) is 0 Å². The molecule has 1 fully saturated rings. The lowest BCUT2D eigenvalue weighted by Crippen LogP contribution is -2.25. The van der Waals surface area contributed by atoms with E-state index in [0.29, 0.717) is 27.2 Å². The molecule has 2 aromatic carbocycles. The van der Waals surface area contributed by atoms with Crippen LogP contribution in [0.1, 0.15) is 37.3 Å². The molecule has 0 spiro atoms. The molecule has 0 saturated carbocycles. The van der Waals surface area contributed by atoms with Gasteiger partial charge in [0.1, 0.15) is 4.99 Å². The molecule has 5 N–H and O–H groups in total. The normalized spacial score (nSPS) is 14.3. The molecule has 1 aliphatic heterocycles. The topological polar surface area (TPSA) is 73.9 Å². The molecule has 2 aromatic rings. The number of thiocarbonyl (C=S) groups is 1. The van der Waals surface area contributed by atoms with Crippen molar-refractivity contribution in [1.29, 1.82) is 5.41 Å². The third-order valence-corrected chi connectivity index (χ3v) is 5.49. The number of nitrogens with two attached hydrogens (primary N) is 1. The van der Waals surface area contributed by atoms with Crippen LogP contribution in [0.2, 0.25) is 15.1 Å². The summed E-state index contributed by atoms with van der Waals surface area (Å²) in [6.45, 7) is 2.50. The van der Waals surface area contributed by atoms with Crippen molar-refractivity contribution in [1.82, 2.24) is 5.32 Å². The summed E-state index contributed by atoms with van der Waals surface area (Å²) >= 11 is 22.9. The third kappa shape index (κ3) is 8.49. The number of piperidine rings is 1. The Bertz CT molecular complexity index is 812. The van der Waals surface area contributed by atoms with Crippen molar-refractivity contribution < 1.29 is 0 Å². The average Bonchev–Trinajstić information content (AvgIpc) is 2.71. The van der Waals surface area contributed by atoms with E-state index in [4.69, 9.17) is 58.2 Å². The van der Waals surface area contributed by atoms with Crippen molar-refractivity contribution in [3.05, 3.63) is 63.1 Å². The Morgan fingerprint density at radius 2 is 1.66 bits per heavy atom. The van der Waals surface area contributed by atoms with E-state index >= 15 is 0 Å². The largest absolute Gasteiger partial charge is 0.388 e. The van der Waals surface area contributed by atoms with Crippen LogP contribution in [0.3, 0.4) is 0 Å². The molecule has 1 saturated heterocycles. The fourth-order valence-corrected chi connectivity index (χ4v) is 3.52. The van der Waals surface area contributed by atoms with E-state index in [1.165, 1.54) is 32.4 Å². The maximum absolute atomic E-state index is 7.93. The molecule has 1 unspecified atom stereocenters. The molecule has 1 atom stereocenters. The summed E-state index contributed by atoms with van der Waals surface area (Å²) in [6.07, 6.45) is 4.54. The van der Waals surface area contributed by atoms with Gasteiger partial charge in [0, 0.05) is 16.5 Å². The average molecular weight is 472 g/mol. The first-order valence-electron chi connectivity index (χ1n) is 9.42. The highest BCUT2D eigenvalue weighted by Crippen LogP contribution is 2.30. The van der Waals surface area contributed by atoms with Gasteiger partial charge in [0.2, 0.25) is 0 Å². The predicted molar refractivity (Wildman–Crippen MR) is 130 cm³/mol. The fraction of sp³-hybridized carbons (Fsp3) is 0.333. The van der Waals surface area contributed by atoms with Gasteiger partial charge in [-0.05, 0) is 61.8 Å². The Labute approximate surface area is 192 Å². The number of benzene rings is 2. The summed E-state index contributed by atoms with van der Waals surface area (Å²) in [6, 6.07) is 12.3. The minimum atomic E-state index is -0.222. The molecule has 4 nitrogen and oxygen atoms in total. The Morgan fingerprint density at radius 1 is 1.03 bits per heavy atom. The van der Waals surface area contributed by atoms with Crippen LogP contribution in [0.25, 0.3) is 0 Å². The van der Waals surface area contributed by atoms with E-state index in [2.05, 4.69) is 10.6 Å². The fourth-order valence-electron chi connectivity index (χ4n) is 2.85. The van der Waals surface area contributed by atoms with Gasteiger partial charge in [-0.2, -0.15) is 0 Å². The van der Waals surface area contributed by atoms with Crippen LogP contribution in [0.15, 0.2) is 42.5 Å². The maximum atomic E-state index is 7.93. The molecule has 8 heteroatoms. The molecule has 1 heterocycles. The molecule has 0 aromatic heterocycles. The second-order valence-electron chi connectivity index (χ2n) is 6.73. The van der Waals surface area contributed by atoms with Gasteiger partial charge in [-0.15, -0.1) is 0 Å². The van der Waals surface area contributed by atoms with E-state index < -0.39 is 0 Å². The number of anilines is 1. The second-order valence-corrected chi connectivity index (χ2v) is 8.45. The molecule has 1 aliphatic rings. The first-order chi connectivity index (χ1) is 13.9. The Kier molecular flexibility index (Phi) is 10.2. The van der Waals surface area contributed by atoms with Crippen molar-refractivity contribution >= 4 is 63.4 Å². The Balaban J connectivity index is 0.000000426. The SMILES string of the molecule is C1CCNCC1.N=C(CC(Nc1ccc(Cl)cc1Cl)c1ccc(Cl)cc1)C(N)=S. The van der Waals surface area contributed by atoms with Crippen LogP contribution in [-0.2, 0) is 0 Å². The van der Waals surface area contributed by atoms with Gasteiger partial charge in [0.05, 0.1) is 22.5 Å². The molecular formula is C21H25Cl3N4S. The van der Waals surface area contributed by atoms with Gasteiger partial charge in [-0.3, -0.25) is 0 Å². The Hall–Kier alpha value is -1.37. The van der Waals surface area contributed by atoms with Crippen LogP contribution >= 0.6 is 47.0 Å². The zero-order valence-electron chi connectivity index (χ0n) is 16.0. The number of hydrogen-bond donors (Lipinski definition) is 4. The van der Waals surface area contributed by atoms with E-state index in [-0.39, 0.29) is 16.7 Å². The number of rotatable bonds is 6. The lowest BCUT2D eigenvalue weighted by molar-refractivity contribution is 0.520. The van der Waals surface area contributed by atoms with Gasteiger partial charge in [0.25, 0.3) is 0 Å². The van der Waals surface area contributed by atoms with Crippen molar-refractivity contribution in [2.75, 3.05) is 18.4 Å². The van der Waals surface area contributed by atoms with Crippen molar-refractivity contribution in [3.8, 4) is 0 Å². The molecular weight excluding hydrogens is 447 g/mol. The van der Waals surface area contributed by atoms with E-state index in [9.17, 15) is 0 Å². The lowest BCUT2D eigenvalue weighted by atomic mass is 10.0. The van der Waals surface area contributed by atoms with Crippen LogP contribution in [0.4, 0.5) is 5.69 Å². The molecule has 3 rings (SSSR count). The monoisotopic (exact) mass is 470 g/mol. The summed E-state index contributed by atoms with van der Waals surface area (Å²) < 4.78 is 0. The van der Waals surface area contributed by atoms with E-state index in [1.807, 2.05) is 12.1 Å². The van der Waals surface area contributed by atoms with E-state index in [1.54, 1.807) is 30.3 Å². The molecule has 29 heavy (non-hydrogen) atoms. The quantitative estimate of drug-likeness (QED) is 0.296. The minimum Gasteiger partial charge on any atom is -0.388 e. The first-order valence-corrected chi connectivity index (χ1v) is 11.0. The van der Waals surface area contributed by atoms with Gasteiger partial charge < -0.3 is 21.8 Å². The van der Waals surface area contributed by atoms with Crippen LogP contribution < -0.4 is 16.4 Å². The molecule has 0 radical (unpaired) electrons. The maximum Gasteiger partial charge on any atom is 0.117 e. The first kappa shape index (κ1) is 23.9. The minimum absolute atomic E-state index is 0.0768. The van der Waals surface area contributed by atoms with Crippen LogP contribution in [0, 0.1) is 5.41 Å². The molecule has 0 amide bonds. The summed E-state index contributed by atoms with van der Waals surface area (Å²) in [5, 5.41) is 16.2. The van der Waals surface area contributed by atoms with Crippen LogP contribution in [0.5, 0.6) is 0 Å². The van der Waals surface area contributed by atoms with Crippen LogP contribution in [-0.4, -0.2) is 23.8 Å². The second kappa shape index (κ2) is 12.4. The van der Waals surface area contributed by atoms with Gasteiger partial charge in [-0.1, -0.05) is 65.6 Å². The van der Waals surface area contributed by atoms with Gasteiger partial charge in [-0.25, -0.2) is 0 Å². The van der Waals surface area contributed by atoms with E-state index in [0.717, 1.165) is 5.56 Å². The van der Waals surface area contributed by atoms with Crippen molar-refractivity contribution in [2.45, 2.75) is 31.7 Å². The van der Waals surface area contributed by atoms with Gasteiger partial charge >= 0.3 is 0 Å². The standard InChI is InChI=1S/C16H14Cl3N3S.C5H11N/c17-10-3-1-9(2-4-10)15(8-13(20)16(21)23)22-14-6-5-11(18)7-12(14)19;1-2-4-6-5-3-1/h1-7,15,20,22H,8H2,(H2,21,23);6H,1-5H2. The van der Waals surface area contributed by atoms with Crippen molar-refractivity contribution in [2.24, 2.45) is 5.73 Å². The van der Waals surface area contributed by atoms with Gasteiger partial charge in [0.15, 0.2) is 0 Å². The smallest absolute Gasteiger partial charge is 0.117 e. The highest BCUT2D eigenvalue weighted by Gasteiger charge is 2.17. The summed E-state index contributed by atoms with van der Waals surface area (Å²) in [4.78, 5) is 0.0768. The molecule has 156 valence electrons. The number of nitrogens with one attached hydrogen (secondary N) is 3. The highest BCUT2D eigenvalue weighted by atomic mass is 35.5. The number of hydrogen-bond acceptors (Lipinski definition) is 4. The predicted octanol–water partition coefficient (Wildman–Crippen LogP) is 6.26. The summed E-state index contributed by atoms with van der Waals surface area (Å²) in [7, 11) is 0. The third-order valence-electron chi connectivity index (χ3n) is 4.45. The number of halogens is 3. The highest BCUT2D eigenvalue weighted by molar-refractivity contribution is 7.82. The zero-order valence-corrected chi connectivity index (χ0v) is 19.1. The molecule has 0 bridgehead atoms. The molecule has 0 aliphatic carbocycles. The lowest BCUT2D eigenvalue weighted by Gasteiger charge is -2.21. The zero-order chi connectivity index (χ0) is 21.2. The summed E-state index contributed by atoms with van der Waals surface area (Å²) in [5.41, 5.74) is 7.40.